The second-order valence-electron chi connectivity index (χ2n) is 7.60. The van der Waals surface area contributed by atoms with Gasteiger partial charge in [0.05, 0.1) is 19.6 Å². The first-order valence-electron chi connectivity index (χ1n) is 11.3. The third-order valence-electron chi connectivity index (χ3n) is 5.14. The molecular weight excluding hydrogens is 494 g/mol. The van der Waals surface area contributed by atoms with Gasteiger partial charge in [-0.1, -0.05) is 43.3 Å². The van der Waals surface area contributed by atoms with Crippen molar-refractivity contribution in [3.05, 3.63) is 83.5 Å². The molecule has 190 valence electrons. The SMILES string of the molecule is CCc1ccc(/C=C/S(=O)(=O)Nc2nc(-c3ncccn3)nc(OC)c2Oc2ccccc2OC)cc1. The van der Waals surface area contributed by atoms with Crippen LogP contribution in [-0.2, 0) is 16.4 Å². The number of methoxy groups -OCH3 is 2. The van der Waals surface area contributed by atoms with Crippen molar-refractivity contribution < 1.29 is 22.6 Å². The second kappa shape index (κ2) is 11.5. The van der Waals surface area contributed by atoms with Crippen LogP contribution in [0.25, 0.3) is 17.7 Å². The van der Waals surface area contributed by atoms with Crippen LogP contribution in [0.1, 0.15) is 18.1 Å². The molecule has 37 heavy (non-hydrogen) atoms. The van der Waals surface area contributed by atoms with E-state index in [1.54, 1.807) is 30.3 Å². The normalized spacial score (nSPS) is 11.3. The molecule has 11 heteroatoms. The Morgan fingerprint density at radius 2 is 1.57 bits per heavy atom. The Morgan fingerprint density at radius 3 is 2.22 bits per heavy atom. The maximum Gasteiger partial charge on any atom is 0.263 e. The van der Waals surface area contributed by atoms with Crippen molar-refractivity contribution in [2.45, 2.75) is 13.3 Å². The Hall–Kier alpha value is -4.51. The lowest BCUT2D eigenvalue weighted by molar-refractivity contribution is 0.348. The Kier molecular flexibility index (Phi) is 7.94. The van der Waals surface area contributed by atoms with E-state index in [2.05, 4.69) is 31.6 Å². The molecule has 2 heterocycles. The lowest BCUT2D eigenvalue weighted by atomic mass is 10.1. The molecule has 0 saturated heterocycles. The number of anilines is 1. The summed E-state index contributed by atoms with van der Waals surface area (Å²) in [5, 5.41) is 1.05. The summed E-state index contributed by atoms with van der Waals surface area (Å²) in [6, 6.07) is 16.1. The lowest BCUT2D eigenvalue weighted by Gasteiger charge is -2.16. The van der Waals surface area contributed by atoms with E-state index in [4.69, 9.17) is 14.2 Å². The van der Waals surface area contributed by atoms with Crippen LogP contribution in [0, 0.1) is 0 Å². The molecule has 1 N–H and O–H groups in total. The van der Waals surface area contributed by atoms with Gasteiger partial charge in [0.15, 0.2) is 23.1 Å². The van der Waals surface area contributed by atoms with Crippen LogP contribution >= 0.6 is 0 Å². The number of aromatic nitrogens is 4. The number of benzene rings is 2. The summed E-state index contributed by atoms with van der Waals surface area (Å²) in [4.78, 5) is 17.0. The minimum atomic E-state index is -4.03. The van der Waals surface area contributed by atoms with E-state index in [1.807, 2.05) is 24.3 Å². The molecule has 2 aromatic carbocycles. The number of hydrogen-bond donors (Lipinski definition) is 1. The molecule has 0 radical (unpaired) electrons. The van der Waals surface area contributed by atoms with E-state index in [0.29, 0.717) is 11.5 Å². The van der Waals surface area contributed by atoms with Crippen LogP contribution in [0.4, 0.5) is 5.82 Å². The Bertz CT molecular complexity index is 1490. The maximum atomic E-state index is 13.1. The van der Waals surface area contributed by atoms with Crippen molar-refractivity contribution in [2.24, 2.45) is 0 Å². The molecule has 4 rings (SSSR count). The molecule has 0 aliphatic rings. The van der Waals surface area contributed by atoms with Gasteiger partial charge >= 0.3 is 0 Å². The molecular formula is C26H25N5O5S. The predicted octanol–water partition coefficient (Wildman–Crippen LogP) is 4.72. The summed E-state index contributed by atoms with van der Waals surface area (Å²) in [6.07, 6.45) is 5.42. The summed E-state index contributed by atoms with van der Waals surface area (Å²) < 4.78 is 45.4. The van der Waals surface area contributed by atoms with Crippen LogP contribution in [0.15, 0.2) is 72.4 Å². The number of nitrogens with one attached hydrogen (secondary N) is 1. The molecule has 0 amide bonds. The zero-order valence-electron chi connectivity index (χ0n) is 20.5. The Morgan fingerprint density at radius 1 is 0.865 bits per heavy atom. The van der Waals surface area contributed by atoms with E-state index in [-0.39, 0.29) is 29.1 Å². The van der Waals surface area contributed by atoms with Gasteiger partial charge < -0.3 is 14.2 Å². The van der Waals surface area contributed by atoms with Crippen molar-refractivity contribution in [1.29, 1.82) is 0 Å². The number of hydrogen-bond acceptors (Lipinski definition) is 9. The number of ether oxygens (including phenoxy) is 3. The van der Waals surface area contributed by atoms with Crippen LogP contribution in [-0.4, -0.2) is 42.6 Å². The maximum absolute atomic E-state index is 13.1. The molecule has 0 aliphatic carbocycles. The fourth-order valence-electron chi connectivity index (χ4n) is 3.26. The zero-order chi connectivity index (χ0) is 26.3. The minimum absolute atomic E-state index is 0.0276. The fourth-order valence-corrected chi connectivity index (χ4v) is 4.07. The van der Waals surface area contributed by atoms with Crippen molar-refractivity contribution in [1.82, 2.24) is 19.9 Å². The minimum Gasteiger partial charge on any atom is -0.493 e. The summed E-state index contributed by atoms with van der Waals surface area (Å²) in [5.41, 5.74) is 1.88. The number of sulfonamides is 1. The number of para-hydroxylation sites is 2. The predicted molar refractivity (Wildman–Crippen MR) is 140 cm³/mol. The molecule has 0 saturated carbocycles. The van der Waals surface area contributed by atoms with Crippen molar-refractivity contribution in [2.75, 3.05) is 18.9 Å². The van der Waals surface area contributed by atoms with Crippen molar-refractivity contribution in [3.63, 3.8) is 0 Å². The van der Waals surface area contributed by atoms with Gasteiger partial charge in [-0.3, -0.25) is 4.72 Å². The molecule has 0 unspecified atom stereocenters. The van der Waals surface area contributed by atoms with Crippen LogP contribution in [0.5, 0.6) is 23.1 Å². The average molecular weight is 520 g/mol. The van der Waals surface area contributed by atoms with Gasteiger partial charge in [-0.05, 0) is 41.8 Å². The van der Waals surface area contributed by atoms with E-state index in [9.17, 15) is 8.42 Å². The first kappa shape index (κ1) is 25.6. The highest BCUT2D eigenvalue weighted by molar-refractivity contribution is 7.95. The standard InChI is InChI=1S/C26H25N5O5S/c1-4-18-10-12-19(13-11-18)14-17-37(32,33)31-23-22(36-21-9-6-5-8-20(21)34-2)26(35-3)30-25(29-23)24-27-15-7-16-28-24/h5-17H,4H2,1-3H3,(H,29,30,31)/b17-14+. The van der Waals surface area contributed by atoms with Crippen LogP contribution in [0.3, 0.4) is 0 Å². The van der Waals surface area contributed by atoms with Crippen molar-refractivity contribution >= 4 is 21.9 Å². The molecule has 0 fully saturated rings. The van der Waals surface area contributed by atoms with E-state index >= 15 is 0 Å². The van der Waals surface area contributed by atoms with Gasteiger partial charge in [0.1, 0.15) is 0 Å². The third kappa shape index (κ3) is 6.39. The molecule has 4 aromatic rings. The van der Waals surface area contributed by atoms with E-state index in [0.717, 1.165) is 23.0 Å². The van der Waals surface area contributed by atoms with Crippen LogP contribution in [0.2, 0.25) is 0 Å². The lowest BCUT2D eigenvalue weighted by Crippen LogP contribution is -2.13. The topological polar surface area (TPSA) is 125 Å². The quantitative estimate of drug-likeness (QED) is 0.317. The molecule has 0 bridgehead atoms. The highest BCUT2D eigenvalue weighted by Gasteiger charge is 2.23. The van der Waals surface area contributed by atoms with Gasteiger partial charge in [0.25, 0.3) is 15.9 Å². The van der Waals surface area contributed by atoms with Gasteiger partial charge in [0.2, 0.25) is 11.6 Å². The molecule has 0 aliphatic heterocycles. The highest BCUT2D eigenvalue weighted by Crippen LogP contribution is 2.40. The first-order valence-corrected chi connectivity index (χ1v) is 12.8. The number of aryl methyl sites for hydroxylation is 1. The first-order chi connectivity index (χ1) is 17.9. The zero-order valence-corrected chi connectivity index (χ0v) is 21.3. The fraction of sp³-hybridized carbons (Fsp3) is 0.154. The van der Waals surface area contributed by atoms with Gasteiger partial charge in [-0.25, -0.2) is 23.4 Å². The van der Waals surface area contributed by atoms with Gasteiger partial charge in [-0.15, -0.1) is 0 Å². The monoisotopic (exact) mass is 519 g/mol. The smallest absolute Gasteiger partial charge is 0.263 e. The number of rotatable bonds is 10. The average Bonchev–Trinajstić information content (AvgIpc) is 2.93. The summed E-state index contributed by atoms with van der Waals surface area (Å²) >= 11 is 0. The van der Waals surface area contributed by atoms with E-state index < -0.39 is 10.0 Å². The molecule has 2 aromatic heterocycles. The third-order valence-corrected chi connectivity index (χ3v) is 6.11. The van der Waals surface area contributed by atoms with Gasteiger partial charge in [-0.2, -0.15) is 4.98 Å². The number of nitrogens with zero attached hydrogens (tertiary/aromatic N) is 4. The summed E-state index contributed by atoms with van der Waals surface area (Å²) in [6.45, 7) is 2.05. The molecule has 0 spiro atoms. The Labute approximate surface area is 215 Å². The highest BCUT2D eigenvalue weighted by atomic mass is 32.2. The summed E-state index contributed by atoms with van der Waals surface area (Å²) in [5.74, 6) is 0.701. The van der Waals surface area contributed by atoms with Crippen LogP contribution < -0.4 is 18.9 Å². The van der Waals surface area contributed by atoms with Crippen molar-refractivity contribution in [3.8, 4) is 34.8 Å². The largest absolute Gasteiger partial charge is 0.493 e. The molecule has 0 atom stereocenters. The van der Waals surface area contributed by atoms with E-state index in [1.165, 1.54) is 32.7 Å². The Balaban J connectivity index is 1.76. The second-order valence-corrected chi connectivity index (χ2v) is 9.17. The molecule has 10 nitrogen and oxygen atoms in total. The summed E-state index contributed by atoms with van der Waals surface area (Å²) in [7, 11) is -1.16. The van der Waals surface area contributed by atoms with Gasteiger partial charge in [0, 0.05) is 12.4 Å².